The van der Waals surface area contributed by atoms with Gasteiger partial charge in [-0.2, -0.15) is 0 Å². The topological polar surface area (TPSA) is 59.0 Å². The predicted molar refractivity (Wildman–Crippen MR) is 126 cm³/mol. The van der Waals surface area contributed by atoms with E-state index in [1.54, 1.807) is 0 Å². The summed E-state index contributed by atoms with van der Waals surface area (Å²) in [5.74, 6) is 1.46. The first-order valence-electron chi connectivity index (χ1n) is 11.3. The van der Waals surface area contributed by atoms with Crippen LogP contribution in [0.3, 0.4) is 0 Å². The van der Waals surface area contributed by atoms with Gasteiger partial charge in [0.15, 0.2) is 6.29 Å². The average molecular weight is 458 g/mol. The van der Waals surface area contributed by atoms with E-state index in [2.05, 4.69) is 25.7 Å². The molecule has 0 bridgehead atoms. The number of aldehydes is 1. The standard InChI is InChI=1S/C26H32ClNO4/c1-25(2,3)20-4-6-23(19(12-20)16-29)31-17-22(30)15-28-10-8-26(9-11-28)14-18-13-21(27)5-7-24(18)32-26/h4-7,12-13,16,22,30H,8-11,14-15,17H2,1-3H3/t22-/m1/s1. The van der Waals surface area contributed by atoms with Crippen molar-refractivity contribution in [1.82, 2.24) is 4.90 Å². The largest absolute Gasteiger partial charge is 0.490 e. The second-order valence-electron chi connectivity index (χ2n) is 10.1. The highest BCUT2D eigenvalue weighted by Crippen LogP contribution is 2.42. The maximum Gasteiger partial charge on any atom is 0.153 e. The zero-order valence-corrected chi connectivity index (χ0v) is 19.8. The molecule has 0 aromatic heterocycles. The maximum absolute atomic E-state index is 11.5. The Morgan fingerprint density at radius 1 is 1.22 bits per heavy atom. The molecule has 4 rings (SSSR count). The van der Waals surface area contributed by atoms with Crippen LogP contribution in [0, 0.1) is 0 Å². The van der Waals surface area contributed by atoms with Crippen molar-refractivity contribution in [2.24, 2.45) is 0 Å². The van der Waals surface area contributed by atoms with Gasteiger partial charge >= 0.3 is 0 Å². The fourth-order valence-corrected chi connectivity index (χ4v) is 4.79. The van der Waals surface area contributed by atoms with Crippen LogP contribution in [0.5, 0.6) is 11.5 Å². The second kappa shape index (κ2) is 9.05. The van der Waals surface area contributed by atoms with E-state index in [0.29, 0.717) is 17.9 Å². The highest BCUT2D eigenvalue weighted by molar-refractivity contribution is 6.30. The van der Waals surface area contributed by atoms with Crippen LogP contribution in [0.4, 0.5) is 0 Å². The summed E-state index contributed by atoms with van der Waals surface area (Å²) in [6.07, 6.45) is 2.90. The van der Waals surface area contributed by atoms with Gasteiger partial charge in [0.05, 0.1) is 5.56 Å². The number of carbonyl (C=O) groups is 1. The molecule has 1 atom stereocenters. The third-order valence-corrected chi connectivity index (χ3v) is 6.77. The molecular formula is C26H32ClNO4. The van der Waals surface area contributed by atoms with E-state index in [4.69, 9.17) is 21.1 Å². The number of halogens is 1. The van der Waals surface area contributed by atoms with Crippen LogP contribution in [-0.4, -0.2) is 54.2 Å². The monoisotopic (exact) mass is 457 g/mol. The number of β-amino-alcohol motifs (C(OH)–C–C–N with tert-alkyl or cyclic N) is 1. The minimum Gasteiger partial charge on any atom is -0.490 e. The lowest BCUT2D eigenvalue weighted by atomic mass is 9.86. The zero-order valence-electron chi connectivity index (χ0n) is 19.1. The van der Waals surface area contributed by atoms with Crippen molar-refractivity contribution in [2.45, 2.75) is 57.2 Å². The molecule has 0 aliphatic carbocycles. The van der Waals surface area contributed by atoms with Gasteiger partial charge in [0, 0.05) is 43.9 Å². The molecule has 2 aromatic rings. The molecule has 2 heterocycles. The number of benzene rings is 2. The molecule has 1 fully saturated rings. The molecule has 1 saturated heterocycles. The van der Waals surface area contributed by atoms with Gasteiger partial charge in [-0.1, -0.05) is 38.4 Å². The molecule has 5 nitrogen and oxygen atoms in total. The van der Waals surface area contributed by atoms with E-state index in [1.165, 1.54) is 5.56 Å². The summed E-state index contributed by atoms with van der Waals surface area (Å²) in [5.41, 5.74) is 2.58. The summed E-state index contributed by atoms with van der Waals surface area (Å²) in [6, 6.07) is 11.5. The first-order valence-corrected chi connectivity index (χ1v) is 11.7. The zero-order chi connectivity index (χ0) is 22.9. The Balaban J connectivity index is 1.27. The number of ether oxygens (including phenoxy) is 2. The summed E-state index contributed by atoms with van der Waals surface area (Å²) >= 11 is 6.13. The van der Waals surface area contributed by atoms with E-state index in [9.17, 15) is 9.90 Å². The van der Waals surface area contributed by atoms with E-state index < -0.39 is 6.10 Å². The fraction of sp³-hybridized carbons (Fsp3) is 0.500. The summed E-state index contributed by atoms with van der Waals surface area (Å²) in [6.45, 7) is 8.72. The number of fused-ring (bicyclic) bond motifs is 1. The van der Waals surface area contributed by atoms with Crippen LogP contribution in [0.25, 0.3) is 0 Å². The van der Waals surface area contributed by atoms with Crippen LogP contribution < -0.4 is 9.47 Å². The van der Waals surface area contributed by atoms with Crippen molar-refractivity contribution in [1.29, 1.82) is 0 Å². The molecule has 1 spiro atoms. The van der Waals surface area contributed by atoms with Gasteiger partial charge < -0.3 is 19.5 Å². The lowest BCUT2D eigenvalue weighted by Gasteiger charge is -2.39. The van der Waals surface area contributed by atoms with Gasteiger partial charge in [0.2, 0.25) is 0 Å². The number of aliphatic hydroxyl groups excluding tert-OH is 1. The Kier molecular flexibility index (Phi) is 6.53. The fourth-order valence-electron chi connectivity index (χ4n) is 4.60. The van der Waals surface area contributed by atoms with Crippen molar-refractivity contribution in [3.05, 3.63) is 58.1 Å². The SMILES string of the molecule is CC(C)(C)c1ccc(OC[C@H](O)CN2CCC3(CC2)Cc2cc(Cl)ccc2O3)c(C=O)c1. The molecule has 2 aliphatic heterocycles. The highest BCUT2D eigenvalue weighted by atomic mass is 35.5. The molecule has 172 valence electrons. The molecule has 6 heteroatoms. The molecule has 2 aromatic carbocycles. The predicted octanol–water partition coefficient (Wildman–Crippen LogP) is 4.66. The van der Waals surface area contributed by atoms with Crippen molar-refractivity contribution in [3.63, 3.8) is 0 Å². The van der Waals surface area contributed by atoms with Gasteiger partial charge in [0.25, 0.3) is 0 Å². The minimum atomic E-state index is -0.633. The molecule has 32 heavy (non-hydrogen) atoms. The van der Waals surface area contributed by atoms with Crippen molar-refractivity contribution in [3.8, 4) is 11.5 Å². The normalized spacial score (nSPS) is 18.8. The van der Waals surface area contributed by atoms with Crippen LogP contribution in [-0.2, 0) is 11.8 Å². The maximum atomic E-state index is 11.5. The number of carbonyl (C=O) groups excluding carboxylic acids is 1. The quantitative estimate of drug-likeness (QED) is 0.639. The Morgan fingerprint density at radius 2 is 1.97 bits per heavy atom. The Bertz CT molecular complexity index is 976. The number of aliphatic hydroxyl groups is 1. The molecular weight excluding hydrogens is 426 g/mol. The van der Waals surface area contributed by atoms with Gasteiger partial charge in [-0.05, 0) is 46.9 Å². The van der Waals surface area contributed by atoms with E-state index in [-0.39, 0.29) is 17.6 Å². The Hall–Kier alpha value is -2.08. The summed E-state index contributed by atoms with van der Waals surface area (Å²) < 4.78 is 12.1. The molecule has 0 amide bonds. The summed E-state index contributed by atoms with van der Waals surface area (Å²) in [7, 11) is 0. The van der Waals surface area contributed by atoms with E-state index in [0.717, 1.165) is 55.0 Å². The number of rotatable bonds is 6. The average Bonchev–Trinajstić information content (AvgIpc) is 3.10. The number of piperidine rings is 1. The van der Waals surface area contributed by atoms with E-state index >= 15 is 0 Å². The lowest BCUT2D eigenvalue weighted by Crippen LogP contribution is -2.49. The number of hydrogen-bond donors (Lipinski definition) is 1. The summed E-state index contributed by atoms with van der Waals surface area (Å²) in [5, 5.41) is 11.3. The van der Waals surface area contributed by atoms with Crippen LogP contribution in [0.1, 0.15) is 55.1 Å². The molecule has 0 saturated carbocycles. The Labute approximate surface area is 195 Å². The first kappa shape index (κ1) is 23.1. The summed E-state index contributed by atoms with van der Waals surface area (Å²) in [4.78, 5) is 13.8. The number of hydrogen-bond acceptors (Lipinski definition) is 5. The second-order valence-corrected chi connectivity index (χ2v) is 10.5. The molecule has 2 aliphatic rings. The van der Waals surface area contributed by atoms with Gasteiger partial charge in [-0.3, -0.25) is 4.79 Å². The van der Waals surface area contributed by atoms with Gasteiger partial charge in [0.1, 0.15) is 29.8 Å². The molecule has 0 unspecified atom stereocenters. The van der Waals surface area contributed by atoms with Gasteiger partial charge in [-0.25, -0.2) is 0 Å². The molecule has 1 N–H and O–H groups in total. The van der Waals surface area contributed by atoms with Gasteiger partial charge in [-0.15, -0.1) is 0 Å². The third-order valence-electron chi connectivity index (χ3n) is 6.53. The van der Waals surface area contributed by atoms with Crippen LogP contribution in [0.15, 0.2) is 36.4 Å². The minimum absolute atomic E-state index is 0.0436. The van der Waals surface area contributed by atoms with Crippen molar-refractivity contribution < 1.29 is 19.4 Å². The third kappa shape index (κ3) is 5.11. The van der Waals surface area contributed by atoms with Crippen molar-refractivity contribution in [2.75, 3.05) is 26.2 Å². The lowest BCUT2D eigenvalue weighted by molar-refractivity contribution is -0.00198. The van der Waals surface area contributed by atoms with Crippen molar-refractivity contribution >= 4 is 17.9 Å². The highest BCUT2D eigenvalue weighted by Gasteiger charge is 2.42. The molecule has 0 radical (unpaired) electrons. The smallest absolute Gasteiger partial charge is 0.153 e. The number of likely N-dealkylation sites (tertiary alicyclic amines) is 1. The Morgan fingerprint density at radius 3 is 2.66 bits per heavy atom. The van der Waals surface area contributed by atoms with Crippen LogP contribution >= 0.6 is 11.6 Å². The number of nitrogens with zero attached hydrogens (tertiary/aromatic N) is 1. The van der Waals surface area contributed by atoms with Crippen LogP contribution in [0.2, 0.25) is 5.02 Å². The first-order chi connectivity index (χ1) is 15.2. The van der Waals surface area contributed by atoms with E-state index in [1.807, 2.05) is 36.4 Å².